The molecule has 6 aromatic rings. The molecule has 3 aromatic carbocycles. The van der Waals surface area contributed by atoms with Gasteiger partial charge in [0.2, 0.25) is 5.82 Å². The molecule has 0 fully saturated rings. The number of nitrogens with zero attached hydrogens (tertiary/aromatic N) is 4. The number of benzene rings is 3. The second-order valence-corrected chi connectivity index (χ2v) is 9.22. The van der Waals surface area contributed by atoms with E-state index in [2.05, 4.69) is 16.2 Å². The fourth-order valence-electron chi connectivity index (χ4n) is 4.76. The van der Waals surface area contributed by atoms with Gasteiger partial charge in [-0.25, -0.2) is 4.98 Å². The van der Waals surface area contributed by atoms with Crippen LogP contribution in [-0.2, 0) is 0 Å². The van der Waals surface area contributed by atoms with Crippen LogP contribution >= 0.6 is 0 Å². The van der Waals surface area contributed by atoms with Crippen LogP contribution in [0.25, 0.3) is 39.1 Å². The van der Waals surface area contributed by atoms with Gasteiger partial charge in [-0.05, 0) is 68.4 Å². The first-order chi connectivity index (χ1) is 19.0. The summed E-state index contributed by atoms with van der Waals surface area (Å²) in [4.78, 5) is 18.4. The summed E-state index contributed by atoms with van der Waals surface area (Å²) in [5.74, 6) is 1.60. The predicted octanol–water partition coefficient (Wildman–Crippen LogP) is 6.66. The number of para-hydroxylation sites is 2. The first-order valence-corrected chi connectivity index (χ1v) is 12.6. The van der Waals surface area contributed by atoms with Crippen molar-refractivity contribution in [1.29, 1.82) is 0 Å². The summed E-state index contributed by atoms with van der Waals surface area (Å²) in [7, 11) is 0. The molecule has 0 N–H and O–H groups in total. The van der Waals surface area contributed by atoms with Gasteiger partial charge in [-0.3, -0.25) is 4.79 Å². The van der Waals surface area contributed by atoms with E-state index in [1.165, 1.54) is 4.68 Å². The Morgan fingerprint density at radius 1 is 1.00 bits per heavy atom. The van der Waals surface area contributed by atoms with Crippen LogP contribution in [0.1, 0.15) is 17.0 Å². The molecule has 0 unspecified atom stereocenters. The lowest BCUT2D eigenvalue weighted by atomic mass is 10.2. The summed E-state index contributed by atoms with van der Waals surface area (Å²) < 4.78 is 15.1. The van der Waals surface area contributed by atoms with Gasteiger partial charge in [0, 0.05) is 28.0 Å². The Bertz CT molecular complexity index is 1890. The average Bonchev–Trinajstić information content (AvgIpc) is 3.51. The summed E-state index contributed by atoms with van der Waals surface area (Å²) in [6.45, 7) is 8.21. The zero-order valence-corrected chi connectivity index (χ0v) is 21.7. The number of rotatable bonds is 7. The molecule has 0 amide bonds. The highest BCUT2D eigenvalue weighted by Crippen LogP contribution is 2.27. The van der Waals surface area contributed by atoms with Gasteiger partial charge >= 0.3 is 0 Å². The van der Waals surface area contributed by atoms with Crippen molar-refractivity contribution >= 4 is 28.1 Å². The second-order valence-electron chi connectivity index (χ2n) is 9.22. The monoisotopic (exact) mass is 514 g/mol. The Morgan fingerprint density at radius 2 is 1.77 bits per heavy atom. The summed E-state index contributed by atoms with van der Waals surface area (Å²) >= 11 is 0. The predicted molar refractivity (Wildman–Crippen MR) is 155 cm³/mol. The van der Waals surface area contributed by atoms with Crippen LogP contribution in [0.4, 0.5) is 0 Å². The Kier molecular flexibility index (Phi) is 6.17. The van der Waals surface area contributed by atoms with E-state index in [0.29, 0.717) is 29.1 Å². The molecule has 0 radical (unpaired) electrons. The van der Waals surface area contributed by atoms with E-state index in [1.54, 1.807) is 18.4 Å². The molecule has 0 bridgehead atoms. The minimum Gasteiger partial charge on any atom is -0.490 e. The maximum Gasteiger partial charge on any atom is 0.282 e. The van der Waals surface area contributed by atoms with Crippen LogP contribution in [0.2, 0.25) is 0 Å². The highest BCUT2D eigenvalue weighted by molar-refractivity contribution is 5.85. The number of furan rings is 1. The third-order valence-electron chi connectivity index (χ3n) is 6.65. The average molecular weight is 515 g/mol. The van der Waals surface area contributed by atoms with Crippen molar-refractivity contribution in [3.63, 3.8) is 0 Å². The lowest BCUT2D eigenvalue weighted by Crippen LogP contribution is -2.20. The number of fused-ring (bicyclic) bond motifs is 2. The van der Waals surface area contributed by atoms with Crippen molar-refractivity contribution in [2.45, 2.75) is 13.8 Å². The number of aromatic nitrogens is 3. The van der Waals surface area contributed by atoms with Gasteiger partial charge < -0.3 is 13.7 Å². The Labute approximate surface area is 224 Å². The molecular weight excluding hydrogens is 488 g/mol. The smallest absolute Gasteiger partial charge is 0.282 e. The third-order valence-corrected chi connectivity index (χ3v) is 6.65. The van der Waals surface area contributed by atoms with Crippen LogP contribution in [0.15, 0.2) is 112 Å². The van der Waals surface area contributed by atoms with E-state index in [9.17, 15) is 4.79 Å². The molecule has 3 heterocycles. The van der Waals surface area contributed by atoms with Crippen LogP contribution in [0.5, 0.6) is 5.75 Å². The normalized spacial score (nSPS) is 11.5. The Hall–Kier alpha value is -5.17. The maximum absolute atomic E-state index is 13.6. The molecule has 39 heavy (non-hydrogen) atoms. The maximum atomic E-state index is 13.6. The van der Waals surface area contributed by atoms with Crippen molar-refractivity contribution in [3.8, 4) is 23.0 Å². The zero-order chi connectivity index (χ0) is 26.9. The van der Waals surface area contributed by atoms with Gasteiger partial charge in [0.1, 0.15) is 17.9 Å². The molecule has 0 saturated carbocycles. The summed E-state index contributed by atoms with van der Waals surface area (Å²) in [5, 5.41) is 6.05. The molecule has 6 rings (SSSR count). The van der Waals surface area contributed by atoms with Crippen molar-refractivity contribution in [3.05, 3.63) is 125 Å². The van der Waals surface area contributed by atoms with Crippen LogP contribution in [-0.4, -0.2) is 27.0 Å². The van der Waals surface area contributed by atoms with E-state index in [4.69, 9.17) is 14.1 Å². The van der Waals surface area contributed by atoms with Gasteiger partial charge in [-0.1, -0.05) is 43.0 Å². The van der Waals surface area contributed by atoms with Gasteiger partial charge in [-0.15, -0.1) is 0 Å². The highest BCUT2D eigenvalue weighted by atomic mass is 16.5. The van der Waals surface area contributed by atoms with E-state index < -0.39 is 0 Å². The molecule has 192 valence electrons. The van der Waals surface area contributed by atoms with Gasteiger partial charge in [-0.2, -0.15) is 9.78 Å². The molecule has 0 saturated heterocycles. The van der Waals surface area contributed by atoms with E-state index in [0.717, 1.165) is 39.4 Å². The van der Waals surface area contributed by atoms with Crippen molar-refractivity contribution in [2.75, 3.05) is 6.61 Å². The fourth-order valence-corrected chi connectivity index (χ4v) is 4.76. The first kappa shape index (κ1) is 24.2. The lowest BCUT2D eigenvalue weighted by Gasteiger charge is -2.11. The van der Waals surface area contributed by atoms with Crippen molar-refractivity contribution < 1.29 is 9.15 Å². The van der Waals surface area contributed by atoms with Crippen LogP contribution < -0.4 is 10.3 Å². The molecule has 0 spiro atoms. The lowest BCUT2D eigenvalue weighted by molar-refractivity contribution is 0.363. The number of ether oxygens (including phenoxy) is 1. The minimum atomic E-state index is -0.267. The number of hydrogen-bond acceptors (Lipinski definition) is 5. The molecule has 0 aliphatic carbocycles. The standard InChI is InChI=1S/C32H26N4O3/c1-4-17-38-26-15-13-25(14-16-26)35-21(2)18-24(22(35)3)20-33-36-31(30-19-23-9-5-8-12-29(23)39-30)34-28-11-7-6-10-27(28)32(36)37/h4-16,18-20H,1,17H2,2-3H3. The Balaban J connectivity index is 1.43. The fraction of sp³-hybridized carbons (Fsp3) is 0.0938. The first-order valence-electron chi connectivity index (χ1n) is 12.6. The van der Waals surface area contributed by atoms with Crippen molar-refractivity contribution in [2.24, 2.45) is 5.10 Å². The highest BCUT2D eigenvalue weighted by Gasteiger charge is 2.17. The molecule has 0 atom stereocenters. The number of aryl methyl sites for hydroxylation is 1. The van der Waals surface area contributed by atoms with E-state index in [1.807, 2.05) is 92.7 Å². The van der Waals surface area contributed by atoms with Crippen molar-refractivity contribution in [1.82, 2.24) is 14.2 Å². The van der Waals surface area contributed by atoms with Gasteiger partial charge in [0.25, 0.3) is 5.56 Å². The second kappa shape index (κ2) is 9.95. The molecule has 7 heteroatoms. The molecule has 3 aromatic heterocycles. The molecular formula is C32H26N4O3. The third kappa shape index (κ3) is 4.44. The molecule has 0 aliphatic rings. The molecule has 7 nitrogen and oxygen atoms in total. The van der Waals surface area contributed by atoms with E-state index >= 15 is 0 Å². The summed E-state index contributed by atoms with van der Waals surface area (Å²) in [6, 6.07) is 26.8. The largest absolute Gasteiger partial charge is 0.490 e. The topological polar surface area (TPSA) is 74.6 Å². The zero-order valence-electron chi connectivity index (χ0n) is 21.7. The van der Waals surface area contributed by atoms with E-state index in [-0.39, 0.29) is 5.56 Å². The Morgan fingerprint density at radius 3 is 2.56 bits per heavy atom. The summed E-state index contributed by atoms with van der Waals surface area (Å²) in [6.07, 6.45) is 3.42. The summed E-state index contributed by atoms with van der Waals surface area (Å²) in [5.41, 5.74) is 4.95. The SMILES string of the molecule is C=CCOc1ccc(-n2c(C)cc(C=Nn3c(-c4cc5ccccc5o4)nc4ccccc4c3=O)c2C)cc1. The number of hydrogen-bond donors (Lipinski definition) is 0. The van der Waals surface area contributed by atoms with Crippen LogP contribution in [0.3, 0.4) is 0 Å². The molecule has 0 aliphatic heterocycles. The van der Waals surface area contributed by atoms with Gasteiger partial charge in [0.05, 0.1) is 17.1 Å². The van der Waals surface area contributed by atoms with Gasteiger partial charge in [0.15, 0.2) is 5.76 Å². The minimum absolute atomic E-state index is 0.267. The quantitative estimate of drug-likeness (QED) is 0.176. The van der Waals surface area contributed by atoms with Crippen LogP contribution in [0, 0.1) is 13.8 Å².